The van der Waals surface area contributed by atoms with Crippen LogP contribution in [0.15, 0.2) is 140 Å². The van der Waals surface area contributed by atoms with E-state index in [-0.39, 0.29) is 79.9 Å². The third kappa shape index (κ3) is 27.9. The first kappa shape index (κ1) is 88.5. The van der Waals surface area contributed by atoms with E-state index in [0.29, 0.717) is 59.4 Å². The van der Waals surface area contributed by atoms with Crippen LogP contribution in [0.1, 0.15) is 127 Å². The second kappa shape index (κ2) is 43.2. The van der Waals surface area contributed by atoms with Gasteiger partial charge in [-0.05, 0) is 146 Å². The number of likely N-dealkylation sites (tertiary alicyclic amines) is 1. The molecule has 0 aliphatic carbocycles. The topological polar surface area (TPSA) is 443 Å². The van der Waals surface area contributed by atoms with Crippen LogP contribution in [0.3, 0.4) is 0 Å². The summed E-state index contributed by atoms with van der Waals surface area (Å²) < 4.78 is 0. The minimum Gasteiger partial charge on any atom is -0.480 e. The lowest BCUT2D eigenvalue weighted by molar-refractivity contribution is -0.144. The smallest absolute Gasteiger partial charge is 0.325 e. The highest BCUT2D eigenvalue weighted by molar-refractivity contribution is 6.30. The molecule has 604 valence electrons. The highest BCUT2D eigenvalue weighted by Gasteiger charge is 2.41. The zero-order valence-electron chi connectivity index (χ0n) is 64.7. The van der Waals surface area contributed by atoms with E-state index in [1.807, 2.05) is 50.2 Å². The number of aliphatic hydroxyl groups is 1. The molecule has 13 amide bonds. The summed E-state index contributed by atoms with van der Waals surface area (Å²) in [6.45, 7) is 12.2. The standard InChI is InChI=1S/C81H102ClN15O16/c1-46(2)38-63(71(102)89-62(19-12-13-36-84-47(3)4)80(111)97-37-15-20-69(97)77(108)85-48(5)81(112)113)90-72(103)65(40-52-22-31-60(32-23-52)86-49(6)99)91-73(104)66(41-53-24-33-61(34-25-53)87-50(7)100)92-76(107)68(45-98)94-74(105)67(43-55-16-14-35-83-44-55)93-78(109)70(96(9)79(110)57-27-29-59(82)30-28-57)95-75(106)64(88-51(8)101)42-54-21-26-56-17-10-11-18-58(56)39-54/h10-11,14,16-18,21-35,39,44,46-48,62-70,84,98H,12-13,15,19-20,36-38,40-43,45H2,1-9H3,(H,85,108)(H,86,99)(H,87,100)(H,88,101)(H,89,102)(H,90,103)(H,91,104)(H,92,107)(H,93,109)(H,94,105)(H,95,106)(H,112,113)/t48-,62+,63+,64-,65-,66+,67-,68+,69+,70-/m1/s1. The number of carbonyl (C=O) groups is 14. The summed E-state index contributed by atoms with van der Waals surface area (Å²) in [5, 5.41) is 55.1. The van der Waals surface area contributed by atoms with E-state index in [4.69, 9.17) is 11.6 Å². The minimum atomic E-state index is -1.94. The molecule has 5 aromatic carbocycles. The molecule has 1 aromatic heterocycles. The van der Waals surface area contributed by atoms with E-state index >= 15 is 14.4 Å². The molecular formula is C81H102ClN15O16. The normalized spacial score (nSPS) is 14.9. The van der Waals surface area contributed by atoms with Crippen molar-refractivity contribution in [3.8, 4) is 0 Å². The number of aliphatic carboxylic acids is 1. The number of halogens is 1. The predicted molar refractivity (Wildman–Crippen MR) is 423 cm³/mol. The average molecular weight is 1580 g/mol. The lowest BCUT2D eigenvalue weighted by Gasteiger charge is -2.31. The van der Waals surface area contributed by atoms with Crippen molar-refractivity contribution in [2.75, 3.05) is 37.4 Å². The number of nitrogens with one attached hydrogen (secondary N) is 12. The number of nitrogens with zero attached hydrogens (tertiary/aromatic N) is 3. The maximum atomic E-state index is 15.3. The van der Waals surface area contributed by atoms with Gasteiger partial charge in [0.25, 0.3) is 11.8 Å². The van der Waals surface area contributed by atoms with Crippen molar-refractivity contribution in [2.24, 2.45) is 5.92 Å². The Morgan fingerprint density at radius 1 is 0.522 bits per heavy atom. The zero-order chi connectivity index (χ0) is 82.6. The van der Waals surface area contributed by atoms with Gasteiger partial charge in [0.2, 0.25) is 65.0 Å². The number of hydrogen-bond donors (Lipinski definition) is 14. The Kier molecular flexibility index (Phi) is 33.8. The summed E-state index contributed by atoms with van der Waals surface area (Å²) in [5.41, 5.74) is 2.58. The van der Waals surface area contributed by atoms with Gasteiger partial charge in [0.1, 0.15) is 54.4 Å². The molecule has 1 saturated heterocycles. The van der Waals surface area contributed by atoms with Crippen LogP contribution in [-0.2, 0) is 88.0 Å². The van der Waals surface area contributed by atoms with Crippen molar-refractivity contribution in [1.82, 2.24) is 68.0 Å². The monoisotopic (exact) mass is 1580 g/mol. The van der Waals surface area contributed by atoms with Crippen molar-refractivity contribution >= 4 is 117 Å². The number of anilines is 2. The number of carbonyl (C=O) groups excluding carboxylic acids is 13. The van der Waals surface area contributed by atoms with Gasteiger partial charge >= 0.3 is 5.97 Å². The molecule has 31 nitrogen and oxygen atoms in total. The van der Waals surface area contributed by atoms with E-state index < -0.39 is 144 Å². The molecular weight excluding hydrogens is 1470 g/mol. The summed E-state index contributed by atoms with van der Waals surface area (Å²) in [7, 11) is 1.22. The Labute approximate surface area is 660 Å². The first-order valence-electron chi connectivity index (χ1n) is 37.5. The third-order valence-corrected chi connectivity index (χ3v) is 18.8. The van der Waals surface area contributed by atoms with Gasteiger partial charge in [0, 0.05) is 100 Å². The molecule has 0 spiro atoms. The Hall–Kier alpha value is -11.7. The fraction of sp³-hybridized carbons (Fsp3) is 0.420. The summed E-state index contributed by atoms with van der Waals surface area (Å²) in [5.74, 6) is -12.1. The Balaban J connectivity index is 1.20. The summed E-state index contributed by atoms with van der Waals surface area (Å²) in [6.07, 6.45) is 1.56. The number of fused-ring (bicyclic) bond motifs is 1. The molecule has 0 bridgehead atoms. The minimum absolute atomic E-state index is 0.00916. The van der Waals surface area contributed by atoms with Gasteiger partial charge in [-0.2, -0.15) is 0 Å². The van der Waals surface area contributed by atoms with Crippen molar-refractivity contribution in [2.45, 2.75) is 186 Å². The molecule has 1 aliphatic rings. The van der Waals surface area contributed by atoms with Gasteiger partial charge in [-0.3, -0.25) is 72.1 Å². The molecule has 7 rings (SSSR count). The van der Waals surface area contributed by atoms with Crippen LogP contribution < -0.4 is 63.8 Å². The number of aromatic nitrogens is 1. The molecule has 2 heterocycles. The molecule has 14 N–H and O–H groups in total. The Morgan fingerprint density at radius 3 is 1.55 bits per heavy atom. The van der Waals surface area contributed by atoms with E-state index in [0.717, 1.165) is 15.7 Å². The second-order valence-corrected chi connectivity index (χ2v) is 29.2. The molecule has 113 heavy (non-hydrogen) atoms. The quantitative estimate of drug-likeness (QED) is 0.0193. The molecule has 0 radical (unpaired) electrons. The number of rotatable bonds is 40. The van der Waals surface area contributed by atoms with E-state index in [1.165, 1.54) is 88.4 Å². The maximum Gasteiger partial charge on any atom is 0.325 e. The molecule has 1 fully saturated rings. The first-order chi connectivity index (χ1) is 53.7. The average Bonchev–Trinajstić information content (AvgIpc) is 1.75. The van der Waals surface area contributed by atoms with Crippen LogP contribution in [-0.4, -0.2) is 201 Å². The zero-order valence-corrected chi connectivity index (χ0v) is 65.5. The molecule has 1 aliphatic heterocycles. The van der Waals surface area contributed by atoms with Crippen LogP contribution >= 0.6 is 11.6 Å². The predicted octanol–water partition coefficient (Wildman–Crippen LogP) is 3.49. The van der Waals surface area contributed by atoms with Gasteiger partial charge in [0.05, 0.1) is 6.61 Å². The number of unbranched alkanes of at least 4 members (excludes halogenated alkanes) is 1. The summed E-state index contributed by atoms with van der Waals surface area (Å²) in [6, 6.07) is 21.1. The van der Waals surface area contributed by atoms with E-state index in [9.17, 15) is 63.0 Å². The van der Waals surface area contributed by atoms with Crippen LogP contribution in [0, 0.1) is 5.92 Å². The Morgan fingerprint density at radius 2 is 1.02 bits per heavy atom. The van der Waals surface area contributed by atoms with Crippen LogP contribution in [0.25, 0.3) is 10.8 Å². The van der Waals surface area contributed by atoms with Crippen molar-refractivity contribution in [3.63, 3.8) is 0 Å². The summed E-state index contributed by atoms with van der Waals surface area (Å²) >= 11 is 6.18. The van der Waals surface area contributed by atoms with Gasteiger partial charge in [0.15, 0.2) is 6.17 Å². The van der Waals surface area contributed by atoms with Crippen LogP contribution in [0.4, 0.5) is 11.4 Å². The number of benzene rings is 5. The summed E-state index contributed by atoms with van der Waals surface area (Å²) in [4.78, 5) is 203. The number of carboxylic acids is 1. The SMILES string of the molecule is CC(=O)Nc1ccc(C[C@H](NC(=O)[C@H](CO)NC(=O)[C@@H](Cc2cccnc2)NC(=O)[C@H](NC(=O)[C@@H](Cc2ccc3ccccc3c2)NC(C)=O)N(C)C(=O)c2ccc(Cl)cc2)C(=O)N[C@H](Cc2ccc(NC(C)=O)cc2)C(=O)N[C@@H](CC(C)C)C(=O)N[C@@H](CCCCNC(C)C)C(=O)N2CCC[C@H]2C(=O)N[C@H](C)C(=O)O)cc1. The maximum absolute atomic E-state index is 15.3. The number of aliphatic hydroxyl groups excluding tert-OH is 1. The van der Waals surface area contributed by atoms with Gasteiger partial charge < -0.3 is 83.8 Å². The van der Waals surface area contributed by atoms with Gasteiger partial charge in [-0.1, -0.05) is 112 Å². The number of pyridine rings is 1. The van der Waals surface area contributed by atoms with Crippen LogP contribution in [0.2, 0.25) is 5.02 Å². The molecule has 0 unspecified atom stereocenters. The van der Waals surface area contributed by atoms with Gasteiger partial charge in [-0.25, -0.2) is 0 Å². The van der Waals surface area contributed by atoms with Crippen molar-refractivity contribution in [3.05, 3.63) is 173 Å². The molecule has 6 aromatic rings. The molecule has 0 saturated carbocycles. The first-order valence-corrected chi connectivity index (χ1v) is 37.8. The van der Waals surface area contributed by atoms with E-state index in [2.05, 4.69) is 68.8 Å². The fourth-order valence-corrected chi connectivity index (χ4v) is 12.9. The molecule has 10 atom stereocenters. The van der Waals surface area contributed by atoms with E-state index in [1.54, 1.807) is 68.4 Å². The highest BCUT2D eigenvalue weighted by Crippen LogP contribution is 2.23. The van der Waals surface area contributed by atoms with Gasteiger partial charge in [-0.15, -0.1) is 0 Å². The number of amides is 13. The fourth-order valence-electron chi connectivity index (χ4n) is 12.8. The lowest BCUT2D eigenvalue weighted by Crippen LogP contribution is -2.64. The van der Waals surface area contributed by atoms with Crippen molar-refractivity contribution in [1.29, 1.82) is 0 Å². The largest absolute Gasteiger partial charge is 0.480 e. The molecule has 32 heteroatoms. The van der Waals surface area contributed by atoms with Crippen molar-refractivity contribution < 1.29 is 77.3 Å². The number of likely N-dealkylation sites (N-methyl/N-ethyl adjacent to an activating group) is 1. The lowest BCUT2D eigenvalue weighted by atomic mass is 9.99. The second-order valence-electron chi connectivity index (χ2n) is 28.7. The number of carboxylic acid groups (broad SMARTS) is 1. The Bertz CT molecular complexity index is 4340. The van der Waals surface area contributed by atoms with Crippen LogP contribution in [0.5, 0.6) is 0 Å². The number of hydrogen-bond acceptors (Lipinski definition) is 17. The third-order valence-electron chi connectivity index (χ3n) is 18.6. The highest BCUT2D eigenvalue weighted by atomic mass is 35.5.